The van der Waals surface area contributed by atoms with E-state index in [1.807, 2.05) is 11.8 Å². The minimum absolute atomic E-state index is 0.0406. The lowest BCUT2D eigenvalue weighted by atomic mass is 10.2. The summed E-state index contributed by atoms with van der Waals surface area (Å²) in [6, 6.07) is 1.78. The molecule has 0 radical (unpaired) electrons. The van der Waals surface area contributed by atoms with E-state index in [2.05, 4.69) is 19.9 Å². The highest BCUT2D eigenvalue weighted by atomic mass is 32.1. The van der Waals surface area contributed by atoms with Gasteiger partial charge >= 0.3 is 0 Å². The van der Waals surface area contributed by atoms with Crippen molar-refractivity contribution in [1.29, 1.82) is 0 Å². The molecule has 4 heterocycles. The first-order valence-corrected chi connectivity index (χ1v) is 9.14. The second kappa shape index (κ2) is 6.49. The van der Waals surface area contributed by atoms with Crippen LogP contribution in [0.3, 0.4) is 0 Å². The highest BCUT2D eigenvalue weighted by Gasteiger charge is 2.27. The van der Waals surface area contributed by atoms with Crippen LogP contribution >= 0.6 is 11.3 Å². The lowest BCUT2D eigenvalue weighted by Gasteiger charge is -2.34. The Kier molecular flexibility index (Phi) is 4.15. The van der Waals surface area contributed by atoms with Crippen molar-refractivity contribution >= 4 is 33.4 Å². The second-order valence-corrected chi connectivity index (χ2v) is 7.22. The molecule has 0 atom stereocenters. The van der Waals surface area contributed by atoms with Crippen molar-refractivity contribution < 1.29 is 4.79 Å². The highest BCUT2D eigenvalue weighted by molar-refractivity contribution is 7.20. The normalized spacial score (nSPS) is 14.8. The molecular weight excluding hydrogens is 352 g/mol. The molecule has 0 N–H and O–H groups in total. The van der Waals surface area contributed by atoms with Gasteiger partial charge in [0.15, 0.2) is 0 Å². The fraction of sp³-hybridized carbons (Fsp3) is 0.353. The van der Waals surface area contributed by atoms with E-state index in [9.17, 15) is 9.59 Å². The van der Waals surface area contributed by atoms with Gasteiger partial charge in [-0.2, -0.15) is 0 Å². The third-order valence-electron chi connectivity index (χ3n) is 4.61. The van der Waals surface area contributed by atoms with Crippen molar-refractivity contribution in [2.45, 2.75) is 6.92 Å². The summed E-state index contributed by atoms with van der Waals surface area (Å²) < 4.78 is 1.44. The maximum atomic E-state index is 13.0. The van der Waals surface area contributed by atoms with Gasteiger partial charge in [0, 0.05) is 45.6 Å². The van der Waals surface area contributed by atoms with Gasteiger partial charge in [0.2, 0.25) is 5.95 Å². The summed E-state index contributed by atoms with van der Waals surface area (Å²) in [6.07, 6.45) is 4.93. The average molecular weight is 370 g/mol. The van der Waals surface area contributed by atoms with Crippen LogP contribution in [0.4, 0.5) is 5.95 Å². The van der Waals surface area contributed by atoms with Crippen molar-refractivity contribution in [3.63, 3.8) is 0 Å². The van der Waals surface area contributed by atoms with E-state index < -0.39 is 0 Å². The summed E-state index contributed by atoms with van der Waals surface area (Å²) in [4.78, 5) is 43.2. The van der Waals surface area contributed by atoms with Crippen LogP contribution in [-0.2, 0) is 7.05 Å². The fourth-order valence-corrected chi connectivity index (χ4v) is 4.23. The molecule has 1 saturated heterocycles. The van der Waals surface area contributed by atoms with Gasteiger partial charge in [-0.05, 0) is 18.6 Å². The molecule has 0 spiro atoms. The molecule has 8 nitrogen and oxygen atoms in total. The molecule has 0 saturated carbocycles. The number of aromatic nitrogens is 4. The van der Waals surface area contributed by atoms with Crippen molar-refractivity contribution in [3.8, 4) is 0 Å². The molecule has 1 aliphatic rings. The first kappa shape index (κ1) is 16.6. The number of hydrogen-bond donors (Lipinski definition) is 0. The molecule has 134 valence electrons. The van der Waals surface area contributed by atoms with Gasteiger partial charge in [0.1, 0.15) is 4.83 Å². The molecule has 0 aliphatic carbocycles. The lowest BCUT2D eigenvalue weighted by molar-refractivity contribution is 0.0750. The summed E-state index contributed by atoms with van der Waals surface area (Å²) in [6.45, 7) is 4.37. The van der Waals surface area contributed by atoms with Crippen molar-refractivity contribution in [3.05, 3.63) is 45.6 Å². The largest absolute Gasteiger partial charge is 0.337 e. The van der Waals surface area contributed by atoms with Crippen LogP contribution in [-0.4, -0.2) is 56.5 Å². The summed E-state index contributed by atoms with van der Waals surface area (Å²) in [5.41, 5.74) is 0.603. The van der Waals surface area contributed by atoms with E-state index in [4.69, 9.17) is 0 Å². The predicted octanol–water partition coefficient (Wildman–Crippen LogP) is 1.06. The first-order chi connectivity index (χ1) is 12.6. The lowest BCUT2D eigenvalue weighted by Crippen LogP contribution is -2.49. The highest BCUT2D eigenvalue weighted by Crippen LogP contribution is 2.28. The second-order valence-electron chi connectivity index (χ2n) is 6.23. The monoisotopic (exact) mass is 370 g/mol. The Balaban J connectivity index is 1.56. The zero-order chi connectivity index (χ0) is 18.3. The topological polar surface area (TPSA) is 84.2 Å². The van der Waals surface area contributed by atoms with Crippen LogP contribution in [0.1, 0.15) is 15.2 Å². The van der Waals surface area contributed by atoms with Gasteiger partial charge < -0.3 is 14.4 Å². The number of amides is 1. The van der Waals surface area contributed by atoms with E-state index >= 15 is 0 Å². The average Bonchev–Trinajstić information content (AvgIpc) is 3.02. The first-order valence-electron chi connectivity index (χ1n) is 8.32. The molecule has 1 aliphatic heterocycles. The van der Waals surface area contributed by atoms with Crippen LogP contribution in [0, 0.1) is 6.92 Å². The predicted molar refractivity (Wildman–Crippen MR) is 99.7 cm³/mol. The molecular formula is C17H18N6O2S. The molecule has 9 heteroatoms. The van der Waals surface area contributed by atoms with E-state index in [0.717, 1.165) is 5.56 Å². The summed E-state index contributed by atoms with van der Waals surface area (Å²) >= 11 is 1.29. The Hall–Kier alpha value is -2.81. The van der Waals surface area contributed by atoms with Crippen molar-refractivity contribution in [2.24, 2.45) is 7.05 Å². The molecule has 26 heavy (non-hydrogen) atoms. The van der Waals surface area contributed by atoms with Gasteiger partial charge in [0.05, 0.1) is 16.6 Å². The Labute approximate surface area is 153 Å². The fourth-order valence-electron chi connectivity index (χ4n) is 3.12. The molecule has 1 amide bonds. The number of carbonyl (C=O) groups is 1. The Bertz CT molecular complexity index is 1020. The Morgan fingerprint density at radius 1 is 1.12 bits per heavy atom. The van der Waals surface area contributed by atoms with E-state index in [1.165, 1.54) is 22.2 Å². The van der Waals surface area contributed by atoms with Crippen LogP contribution in [0.25, 0.3) is 10.2 Å². The van der Waals surface area contributed by atoms with Crippen LogP contribution < -0.4 is 10.5 Å². The van der Waals surface area contributed by atoms with Crippen LogP contribution in [0.15, 0.2) is 29.6 Å². The van der Waals surface area contributed by atoms with Crippen molar-refractivity contribution in [2.75, 3.05) is 31.1 Å². The molecule has 0 bridgehead atoms. The summed E-state index contributed by atoms with van der Waals surface area (Å²) in [5.74, 6) is 0.645. The Morgan fingerprint density at radius 2 is 1.81 bits per heavy atom. The van der Waals surface area contributed by atoms with Crippen molar-refractivity contribution in [1.82, 2.24) is 24.4 Å². The number of aryl methyl sites for hydroxylation is 2. The smallest absolute Gasteiger partial charge is 0.264 e. The molecule has 1 fully saturated rings. The Morgan fingerprint density at radius 3 is 2.50 bits per heavy atom. The third kappa shape index (κ3) is 2.74. The number of rotatable bonds is 2. The quantitative estimate of drug-likeness (QED) is 0.671. The number of anilines is 1. The maximum Gasteiger partial charge on any atom is 0.264 e. The van der Waals surface area contributed by atoms with Gasteiger partial charge in [-0.25, -0.2) is 15.0 Å². The van der Waals surface area contributed by atoms with E-state index in [1.54, 1.807) is 25.5 Å². The van der Waals surface area contributed by atoms with Crippen LogP contribution in [0.2, 0.25) is 0 Å². The number of fused-ring (bicyclic) bond motifs is 1. The standard InChI is InChI=1S/C17H18N6O2S/c1-11-12-14(20-10-21(2)15(12)24)26-13(11)16(25)22-6-8-23(9-7-22)17-18-4-3-5-19-17/h3-5,10H,6-9H2,1-2H3. The van der Waals surface area contributed by atoms with Gasteiger partial charge in [0.25, 0.3) is 11.5 Å². The molecule has 3 aromatic heterocycles. The molecule has 4 rings (SSSR count). The maximum absolute atomic E-state index is 13.0. The number of carbonyl (C=O) groups excluding carboxylic acids is 1. The van der Waals surface area contributed by atoms with Gasteiger partial charge in [-0.1, -0.05) is 0 Å². The zero-order valence-electron chi connectivity index (χ0n) is 14.5. The summed E-state index contributed by atoms with van der Waals surface area (Å²) in [7, 11) is 1.66. The van der Waals surface area contributed by atoms with Gasteiger partial charge in [-0.3, -0.25) is 9.59 Å². The molecule has 3 aromatic rings. The molecule has 0 aromatic carbocycles. The van der Waals surface area contributed by atoms with Gasteiger partial charge in [-0.15, -0.1) is 11.3 Å². The zero-order valence-corrected chi connectivity index (χ0v) is 15.4. The number of thiophene rings is 1. The SMILES string of the molecule is Cc1c(C(=O)N2CCN(c3ncccn3)CC2)sc2ncn(C)c(=O)c12. The summed E-state index contributed by atoms with van der Waals surface area (Å²) in [5, 5.41) is 0.541. The minimum Gasteiger partial charge on any atom is -0.337 e. The third-order valence-corrected chi connectivity index (χ3v) is 5.79. The van der Waals surface area contributed by atoms with Crippen LogP contribution in [0.5, 0.6) is 0 Å². The van der Waals surface area contributed by atoms with E-state index in [-0.39, 0.29) is 11.5 Å². The van der Waals surface area contributed by atoms with E-state index in [0.29, 0.717) is 47.2 Å². The minimum atomic E-state index is -0.117. The number of piperazine rings is 1. The number of nitrogens with zero attached hydrogens (tertiary/aromatic N) is 6. The molecule has 0 unspecified atom stereocenters. The number of hydrogen-bond acceptors (Lipinski definition) is 7.